The molecule has 0 atom stereocenters. The van der Waals surface area contributed by atoms with Gasteiger partial charge in [0.1, 0.15) is 0 Å². The molecule has 72 valence electrons. The lowest BCUT2D eigenvalue weighted by Gasteiger charge is -1.97. The van der Waals surface area contributed by atoms with Crippen molar-refractivity contribution in [3.05, 3.63) is 48.0 Å². The predicted octanol–water partition coefficient (Wildman–Crippen LogP) is 3.35. The van der Waals surface area contributed by atoms with Gasteiger partial charge in [0.05, 0.1) is 5.52 Å². The van der Waals surface area contributed by atoms with E-state index in [4.69, 9.17) is 0 Å². The molecule has 2 aromatic carbocycles. The van der Waals surface area contributed by atoms with Crippen LogP contribution in [0, 0.1) is 0 Å². The molecule has 1 heteroatoms. The fraction of sp³-hybridized carbons (Fsp3) is 0.143. The minimum absolute atomic E-state index is 1.14. The van der Waals surface area contributed by atoms with Crippen LogP contribution < -0.4 is 0 Å². The largest absolute Gasteiger partial charge is 0.340 e. The van der Waals surface area contributed by atoms with E-state index in [-0.39, 0.29) is 0 Å². The first-order valence-corrected chi connectivity index (χ1v) is 5.44. The molecule has 0 saturated carbocycles. The van der Waals surface area contributed by atoms with Gasteiger partial charge in [0.15, 0.2) is 0 Å². The van der Waals surface area contributed by atoms with E-state index in [0.29, 0.717) is 0 Å². The van der Waals surface area contributed by atoms with Crippen LogP contribution in [-0.4, -0.2) is 4.57 Å². The van der Waals surface area contributed by atoms with Gasteiger partial charge in [-0.15, -0.1) is 0 Å². The van der Waals surface area contributed by atoms with E-state index >= 15 is 0 Å². The summed E-state index contributed by atoms with van der Waals surface area (Å²) in [6.07, 6.45) is 1.19. The molecule has 1 aliphatic heterocycles. The van der Waals surface area contributed by atoms with Crippen LogP contribution in [0.3, 0.4) is 0 Å². The molecule has 0 bridgehead atoms. The first-order valence-electron chi connectivity index (χ1n) is 5.44. The molecule has 1 aliphatic rings. The van der Waals surface area contributed by atoms with E-state index in [0.717, 1.165) is 6.54 Å². The van der Waals surface area contributed by atoms with Gasteiger partial charge in [-0.3, -0.25) is 0 Å². The minimum atomic E-state index is 1.14. The Bertz CT molecular complexity index is 676. The maximum Gasteiger partial charge on any atom is 0.0524 e. The Morgan fingerprint density at radius 1 is 0.867 bits per heavy atom. The van der Waals surface area contributed by atoms with Crippen LogP contribution in [-0.2, 0) is 13.0 Å². The molecule has 0 N–H and O–H groups in total. The fourth-order valence-corrected chi connectivity index (χ4v) is 2.85. The van der Waals surface area contributed by atoms with Crippen LogP contribution in [0.15, 0.2) is 42.5 Å². The van der Waals surface area contributed by atoms with Gasteiger partial charge in [-0.25, -0.2) is 0 Å². The highest BCUT2D eigenvalue weighted by molar-refractivity contribution is 6.09. The molecule has 0 aliphatic carbocycles. The molecule has 1 aromatic heterocycles. The Morgan fingerprint density at radius 3 is 2.73 bits per heavy atom. The number of benzene rings is 2. The summed E-state index contributed by atoms with van der Waals surface area (Å²) in [5.74, 6) is 0. The highest BCUT2D eigenvalue weighted by atomic mass is 15.0. The van der Waals surface area contributed by atoms with Crippen LogP contribution in [0.5, 0.6) is 0 Å². The summed E-state index contributed by atoms with van der Waals surface area (Å²) in [5.41, 5.74) is 4.35. The topological polar surface area (TPSA) is 4.93 Å². The number of fused-ring (bicyclic) bond motifs is 3. The minimum Gasteiger partial charge on any atom is -0.340 e. The summed E-state index contributed by atoms with van der Waals surface area (Å²) in [6.45, 7) is 1.14. The van der Waals surface area contributed by atoms with E-state index in [1.54, 1.807) is 0 Å². The van der Waals surface area contributed by atoms with Crippen molar-refractivity contribution >= 4 is 21.8 Å². The lowest BCUT2D eigenvalue weighted by molar-refractivity contribution is 0.796. The lowest BCUT2D eigenvalue weighted by Crippen LogP contribution is -1.90. The zero-order chi connectivity index (χ0) is 9.83. The van der Waals surface area contributed by atoms with E-state index in [9.17, 15) is 0 Å². The Hall–Kier alpha value is -1.76. The molecule has 2 heterocycles. The number of aryl methyl sites for hydroxylation is 2. The second-order valence-electron chi connectivity index (χ2n) is 4.23. The SMILES string of the molecule is c1ccc2c(c1)c1cccc3c1n2CC3. The molecule has 0 spiro atoms. The van der Waals surface area contributed by atoms with Crippen molar-refractivity contribution in [1.82, 2.24) is 4.57 Å². The number of para-hydroxylation sites is 2. The number of nitrogens with zero attached hydrogens (tertiary/aromatic N) is 1. The summed E-state index contributed by atoms with van der Waals surface area (Å²) >= 11 is 0. The maximum atomic E-state index is 2.46. The molecule has 1 nitrogen and oxygen atoms in total. The van der Waals surface area contributed by atoms with E-state index in [2.05, 4.69) is 47.0 Å². The number of rotatable bonds is 0. The Labute approximate surface area is 87.9 Å². The molecule has 4 rings (SSSR count). The van der Waals surface area contributed by atoms with Crippen molar-refractivity contribution in [2.24, 2.45) is 0 Å². The molecule has 0 saturated heterocycles. The third-order valence-corrected chi connectivity index (χ3v) is 3.48. The third kappa shape index (κ3) is 0.793. The van der Waals surface area contributed by atoms with Gasteiger partial charge in [0, 0.05) is 22.8 Å². The van der Waals surface area contributed by atoms with Crippen molar-refractivity contribution in [2.45, 2.75) is 13.0 Å². The van der Waals surface area contributed by atoms with Gasteiger partial charge >= 0.3 is 0 Å². The van der Waals surface area contributed by atoms with Gasteiger partial charge < -0.3 is 4.57 Å². The number of hydrogen-bond acceptors (Lipinski definition) is 0. The van der Waals surface area contributed by atoms with Crippen molar-refractivity contribution in [1.29, 1.82) is 0 Å². The highest BCUT2D eigenvalue weighted by Crippen LogP contribution is 2.34. The van der Waals surface area contributed by atoms with E-state index < -0.39 is 0 Å². The Morgan fingerprint density at radius 2 is 1.73 bits per heavy atom. The van der Waals surface area contributed by atoms with Crippen LogP contribution >= 0.6 is 0 Å². The van der Waals surface area contributed by atoms with Gasteiger partial charge in [-0.1, -0.05) is 36.4 Å². The summed E-state index contributed by atoms with van der Waals surface area (Å²) in [6, 6.07) is 15.4. The molecule has 0 amide bonds. The van der Waals surface area contributed by atoms with E-state index in [1.165, 1.54) is 33.8 Å². The second kappa shape index (κ2) is 2.43. The Balaban J connectivity index is 2.41. The maximum absolute atomic E-state index is 2.46. The first-order chi connectivity index (χ1) is 7.45. The average Bonchev–Trinajstić information content (AvgIpc) is 2.85. The lowest BCUT2D eigenvalue weighted by atomic mass is 10.1. The van der Waals surface area contributed by atoms with Gasteiger partial charge in [0.2, 0.25) is 0 Å². The van der Waals surface area contributed by atoms with Crippen molar-refractivity contribution in [2.75, 3.05) is 0 Å². The number of hydrogen-bond donors (Lipinski definition) is 0. The third-order valence-electron chi connectivity index (χ3n) is 3.48. The van der Waals surface area contributed by atoms with Crippen LogP contribution in [0.4, 0.5) is 0 Å². The molecule has 3 aromatic rings. The smallest absolute Gasteiger partial charge is 0.0524 e. The zero-order valence-electron chi connectivity index (χ0n) is 8.40. The molecular weight excluding hydrogens is 182 g/mol. The van der Waals surface area contributed by atoms with Crippen molar-refractivity contribution in [3.63, 3.8) is 0 Å². The summed E-state index contributed by atoms with van der Waals surface area (Å²) < 4.78 is 2.46. The van der Waals surface area contributed by atoms with Crippen molar-refractivity contribution in [3.8, 4) is 0 Å². The second-order valence-corrected chi connectivity index (χ2v) is 4.23. The average molecular weight is 193 g/mol. The van der Waals surface area contributed by atoms with Gasteiger partial charge in [-0.2, -0.15) is 0 Å². The monoisotopic (exact) mass is 193 g/mol. The standard InChI is InChI=1S/C14H11N/c1-2-7-13-11(5-1)12-6-3-4-10-8-9-15(13)14(10)12/h1-7H,8-9H2. The van der Waals surface area contributed by atoms with Crippen LogP contribution in [0.1, 0.15) is 5.56 Å². The fourth-order valence-electron chi connectivity index (χ4n) is 2.85. The summed E-state index contributed by atoms with van der Waals surface area (Å²) in [5, 5.41) is 2.81. The summed E-state index contributed by atoms with van der Waals surface area (Å²) in [7, 11) is 0. The quantitative estimate of drug-likeness (QED) is 0.516. The predicted molar refractivity (Wildman–Crippen MR) is 63.1 cm³/mol. The molecule has 0 fully saturated rings. The highest BCUT2D eigenvalue weighted by Gasteiger charge is 2.17. The van der Waals surface area contributed by atoms with Crippen molar-refractivity contribution < 1.29 is 0 Å². The van der Waals surface area contributed by atoms with E-state index in [1.807, 2.05) is 0 Å². The van der Waals surface area contributed by atoms with Gasteiger partial charge in [-0.05, 0) is 18.1 Å². The summed E-state index contributed by atoms with van der Waals surface area (Å²) in [4.78, 5) is 0. The normalized spacial score (nSPS) is 14.1. The van der Waals surface area contributed by atoms with Crippen LogP contribution in [0.2, 0.25) is 0 Å². The number of aromatic nitrogens is 1. The first kappa shape index (κ1) is 7.52. The molecular formula is C14H11N. The van der Waals surface area contributed by atoms with Crippen LogP contribution in [0.25, 0.3) is 21.8 Å². The zero-order valence-corrected chi connectivity index (χ0v) is 8.40. The molecule has 0 unspecified atom stereocenters. The van der Waals surface area contributed by atoms with Gasteiger partial charge in [0.25, 0.3) is 0 Å². The Kier molecular flexibility index (Phi) is 1.22. The molecule has 0 radical (unpaired) electrons. The molecule has 15 heavy (non-hydrogen) atoms.